The summed E-state index contributed by atoms with van der Waals surface area (Å²) in [6.45, 7) is 3.92. The molecule has 2 aromatic rings. The molecule has 2 rings (SSSR count). The monoisotopic (exact) mass is 270 g/mol. The SMILES string of the molecule is Cc1cccc(O[C@@H](Cc2ccccc2C)C(=O)O)c1. The van der Waals surface area contributed by atoms with Crippen molar-refractivity contribution in [2.75, 3.05) is 0 Å². The molecule has 20 heavy (non-hydrogen) atoms. The van der Waals surface area contributed by atoms with E-state index in [9.17, 15) is 9.90 Å². The Kier molecular flexibility index (Phi) is 4.41. The minimum atomic E-state index is -0.949. The van der Waals surface area contributed by atoms with Crippen LogP contribution in [0, 0.1) is 13.8 Å². The zero-order chi connectivity index (χ0) is 14.5. The highest BCUT2D eigenvalue weighted by molar-refractivity contribution is 5.73. The zero-order valence-corrected chi connectivity index (χ0v) is 11.7. The lowest BCUT2D eigenvalue weighted by molar-refractivity contribution is -0.145. The topological polar surface area (TPSA) is 46.5 Å². The number of hydrogen-bond acceptors (Lipinski definition) is 2. The molecule has 0 amide bonds. The number of carboxylic acid groups (broad SMARTS) is 1. The minimum absolute atomic E-state index is 0.357. The van der Waals surface area contributed by atoms with Gasteiger partial charge in [-0.25, -0.2) is 4.79 Å². The van der Waals surface area contributed by atoms with E-state index in [1.165, 1.54) is 0 Å². The van der Waals surface area contributed by atoms with Crippen molar-refractivity contribution in [1.29, 1.82) is 0 Å². The molecule has 0 bridgehead atoms. The van der Waals surface area contributed by atoms with Crippen LogP contribution in [0.5, 0.6) is 5.75 Å². The standard InChI is InChI=1S/C17H18O3/c1-12-6-5-9-15(10-12)20-16(17(18)19)11-14-8-4-3-7-13(14)2/h3-10,16H,11H2,1-2H3,(H,18,19)/t16-/m0/s1. The number of aryl methyl sites for hydroxylation is 2. The van der Waals surface area contributed by atoms with Gasteiger partial charge >= 0.3 is 5.97 Å². The second-order valence-corrected chi connectivity index (χ2v) is 4.89. The molecule has 0 aliphatic heterocycles. The van der Waals surface area contributed by atoms with Crippen molar-refractivity contribution in [2.24, 2.45) is 0 Å². The third-order valence-electron chi connectivity index (χ3n) is 3.21. The van der Waals surface area contributed by atoms with Gasteiger partial charge in [0.25, 0.3) is 0 Å². The molecule has 104 valence electrons. The van der Waals surface area contributed by atoms with Crippen molar-refractivity contribution in [3.8, 4) is 5.75 Å². The molecule has 0 saturated heterocycles. The molecule has 0 aromatic heterocycles. The lowest BCUT2D eigenvalue weighted by Crippen LogP contribution is -2.29. The van der Waals surface area contributed by atoms with Crippen LogP contribution in [-0.2, 0) is 11.2 Å². The molecule has 3 heteroatoms. The second-order valence-electron chi connectivity index (χ2n) is 4.89. The number of benzene rings is 2. The molecule has 0 fully saturated rings. The third kappa shape index (κ3) is 3.60. The summed E-state index contributed by atoms with van der Waals surface area (Å²) in [6.07, 6.45) is -0.520. The zero-order valence-electron chi connectivity index (χ0n) is 11.7. The lowest BCUT2D eigenvalue weighted by Gasteiger charge is -2.16. The summed E-state index contributed by atoms with van der Waals surface area (Å²) in [7, 11) is 0. The number of aliphatic carboxylic acids is 1. The Morgan fingerprint density at radius 1 is 1.15 bits per heavy atom. The quantitative estimate of drug-likeness (QED) is 0.906. The van der Waals surface area contributed by atoms with Crippen LogP contribution in [0.3, 0.4) is 0 Å². The van der Waals surface area contributed by atoms with Gasteiger partial charge in [-0.15, -0.1) is 0 Å². The first kappa shape index (κ1) is 14.1. The minimum Gasteiger partial charge on any atom is -0.478 e. The third-order valence-corrected chi connectivity index (χ3v) is 3.21. The van der Waals surface area contributed by atoms with E-state index in [1.807, 2.05) is 56.3 Å². The Bertz CT molecular complexity index is 605. The molecule has 0 heterocycles. The average molecular weight is 270 g/mol. The Labute approximate surface area is 118 Å². The fraction of sp³-hybridized carbons (Fsp3) is 0.235. The first-order valence-electron chi connectivity index (χ1n) is 6.57. The Balaban J connectivity index is 2.16. The Hall–Kier alpha value is -2.29. The highest BCUT2D eigenvalue weighted by atomic mass is 16.5. The van der Waals surface area contributed by atoms with Crippen LogP contribution in [-0.4, -0.2) is 17.2 Å². The van der Waals surface area contributed by atoms with Gasteiger partial charge in [0.2, 0.25) is 0 Å². The highest BCUT2D eigenvalue weighted by Gasteiger charge is 2.20. The molecule has 0 spiro atoms. The summed E-state index contributed by atoms with van der Waals surface area (Å²) >= 11 is 0. The molecule has 1 atom stereocenters. The molecule has 0 aliphatic carbocycles. The van der Waals surface area contributed by atoms with Crippen molar-refractivity contribution < 1.29 is 14.6 Å². The number of carbonyl (C=O) groups is 1. The fourth-order valence-corrected chi connectivity index (χ4v) is 2.07. The van der Waals surface area contributed by atoms with Gasteiger partial charge in [0.05, 0.1) is 0 Å². The van der Waals surface area contributed by atoms with E-state index >= 15 is 0 Å². The lowest BCUT2D eigenvalue weighted by atomic mass is 10.0. The number of carboxylic acids is 1. The molecule has 0 aliphatic rings. The van der Waals surface area contributed by atoms with Gasteiger partial charge < -0.3 is 9.84 Å². The molecule has 3 nitrogen and oxygen atoms in total. The Morgan fingerprint density at radius 3 is 2.55 bits per heavy atom. The van der Waals surface area contributed by atoms with Crippen LogP contribution in [0.15, 0.2) is 48.5 Å². The van der Waals surface area contributed by atoms with Crippen LogP contribution in [0.2, 0.25) is 0 Å². The van der Waals surface area contributed by atoms with E-state index in [4.69, 9.17) is 4.74 Å². The molecule has 1 N–H and O–H groups in total. The van der Waals surface area contributed by atoms with Gasteiger partial charge in [0, 0.05) is 6.42 Å². The van der Waals surface area contributed by atoms with E-state index in [1.54, 1.807) is 6.07 Å². The van der Waals surface area contributed by atoms with Crippen molar-refractivity contribution in [1.82, 2.24) is 0 Å². The number of rotatable bonds is 5. The molecular formula is C17H18O3. The van der Waals surface area contributed by atoms with E-state index in [0.717, 1.165) is 16.7 Å². The summed E-state index contributed by atoms with van der Waals surface area (Å²) < 4.78 is 5.62. The summed E-state index contributed by atoms with van der Waals surface area (Å²) in [5, 5.41) is 9.33. The van der Waals surface area contributed by atoms with Crippen LogP contribution in [0.1, 0.15) is 16.7 Å². The van der Waals surface area contributed by atoms with Gasteiger partial charge in [-0.05, 0) is 42.7 Å². The summed E-state index contributed by atoms with van der Waals surface area (Å²) in [5.74, 6) is -0.360. The maximum absolute atomic E-state index is 11.4. The fourth-order valence-electron chi connectivity index (χ4n) is 2.07. The maximum atomic E-state index is 11.4. The number of hydrogen-bond donors (Lipinski definition) is 1. The molecule has 0 unspecified atom stereocenters. The second kappa shape index (κ2) is 6.24. The van der Waals surface area contributed by atoms with Gasteiger partial charge in [-0.1, -0.05) is 36.4 Å². The van der Waals surface area contributed by atoms with Gasteiger partial charge in [-0.3, -0.25) is 0 Å². The van der Waals surface area contributed by atoms with Gasteiger partial charge in [-0.2, -0.15) is 0 Å². The summed E-state index contributed by atoms with van der Waals surface area (Å²) in [4.78, 5) is 11.4. The maximum Gasteiger partial charge on any atom is 0.345 e. The summed E-state index contributed by atoms with van der Waals surface area (Å²) in [5.41, 5.74) is 3.11. The van der Waals surface area contributed by atoms with Crippen LogP contribution in [0.4, 0.5) is 0 Å². The molecule has 0 saturated carbocycles. The Morgan fingerprint density at radius 2 is 1.90 bits per heavy atom. The van der Waals surface area contributed by atoms with Crippen molar-refractivity contribution in [3.63, 3.8) is 0 Å². The largest absolute Gasteiger partial charge is 0.478 e. The number of ether oxygens (including phenoxy) is 1. The smallest absolute Gasteiger partial charge is 0.345 e. The van der Waals surface area contributed by atoms with Crippen molar-refractivity contribution >= 4 is 5.97 Å². The van der Waals surface area contributed by atoms with Gasteiger partial charge in [0.1, 0.15) is 5.75 Å². The predicted molar refractivity (Wildman–Crippen MR) is 78.1 cm³/mol. The van der Waals surface area contributed by atoms with Crippen LogP contribution >= 0.6 is 0 Å². The average Bonchev–Trinajstić information content (AvgIpc) is 2.40. The van der Waals surface area contributed by atoms with Crippen molar-refractivity contribution in [2.45, 2.75) is 26.4 Å². The predicted octanol–water partition coefficient (Wildman–Crippen LogP) is 3.38. The van der Waals surface area contributed by atoms with Crippen LogP contribution < -0.4 is 4.74 Å². The molecule has 2 aromatic carbocycles. The first-order chi connectivity index (χ1) is 9.56. The van der Waals surface area contributed by atoms with Gasteiger partial charge in [0.15, 0.2) is 6.10 Å². The van der Waals surface area contributed by atoms with Crippen molar-refractivity contribution in [3.05, 3.63) is 65.2 Å². The summed E-state index contributed by atoms with van der Waals surface area (Å²) in [6, 6.07) is 15.2. The van der Waals surface area contributed by atoms with E-state index in [-0.39, 0.29) is 0 Å². The van der Waals surface area contributed by atoms with E-state index in [0.29, 0.717) is 12.2 Å². The van der Waals surface area contributed by atoms with Crippen LogP contribution in [0.25, 0.3) is 0 Å². The molecule has 0 radical (unpaired) electrons. The highest BCUT2D eigenvalue weighted by Crippen LogP contribution is 2.17. The van der Waals surface area contributed by atoms with E-state index < -0.39 is 12.1 Å². The van der Waals surface area contributed by atoms with E-state index in [2.05, 4.69) is 0 Å². The normalized spacial score (nSPS) is 11.9. The molecular weight excluding hydrogens is 252 g/mol. The first-order valence-corrected chi connectivity index (χ1v) is 6.57.